The van der Waals surface area contributed by atoms with Gasteiger partial charge in [-0.1, -0.05) is 52.0 Å². The zero-order valence-corrected chi connectivity index (χ0v) is 20.5. The number of pyridine rings is 1. The molecule has 0 spiro atoms. The Morgan fingerprint density at radius 1 is 0.906 bits per heavy atom. The van der Waals surface area contributed by atoms with Gasteiger partial charge >= 0.3 is 0 Å². The van der Waals surface area contributed by atoms with Gasteiger partial charge in [0.05, 0.1) is 10.9 Å². The second-order valence-corrected chi connectivity index (χ2v) is 10.4. The van der Waals surface area contributed by atoms with E-state index in [1.165, 1.54) is 55.2 Å². The SMILES string of the molecule is Cc1cc2cc(CC(C)C)cc3c2c(c1C)-c1c(c(CC(C)C)c2ccccc2[n+]1C)O3. The number of hydrogen-bond donors (Lipinski definition) is 0. The number of aromatic nitrogens is 1. The largest absolute Gasteiger partial charge is 0.449 e. The lowest BCUT2D eigenvalue weighted by molar-refractivity contribution is -0.633. The van der Waals surface area contributed by atoms with Crippen molar-refractivity contribution in [2.45, 2.75) is 54.4 Å². The Morgan fingerprint density at radius 2 is 1.62 bits per heavy atom. The summed E-state index contributed by atoms with van der Waals surface area (Å²) < 4.78 is 9.21. The highest BCUT2D eigenvalue weighted by molar-refractivity contribution is 6.06. The highest BCUT2D eigenvalue weighted by Crippen LogP contribution is 2.50. The van der Waals surface area contributed by atoms with Crippen LogP contribution < -0.4 is 9.30 Å². The Bertz CT molecular complexity index is 1380. The first kappa shape index (κ1) is 21.0. The van der Waals surface area contributed by atoms with E-state index in [-0.39, 0.29) is 0 Å². The summed E-state index contributed by atoms with van der Waals surface area (Å²) in [5.74, 6) is 3.22. The third kappa shape index (κ3) is 3.20. The molecule has 3 aromatic carbocycles. The molecule has 2 nitrogen and oxygen atoms in total. The summed E-state index contributed by atoms with van der Waals surface area (Å²) in [5.41, 5.74) is 9.20. The molecule has 0 unspecified atom stereocenters. The predicted molar refractivity (Wildman–Crippen MR) is 135 cm³/mol. The first-order valence-corrected chi connectivity index (χ1v) is 11.9. The molecular formula is C30H34NO+. The first-order valence-electron chi connectivity index (χ1n) is 11.9. The third-order valence-electron chi connectivity index (χ3n) is 6.90. The quantitative estimate of drug-likeness (QED) is 0.271. The summed E-state index contributed by atoms with van der Waals surface area (Å²) in [4.78, 5) is 0. The van der Waals surface area contributed by atoms with Crippen molar-refractivity contribution in [1.82, 2.24) is 0 Å². The van der Waals surface area contributed by atoms with Crippen molar-refractivity contribution < 1.29 is 9.30 Å². The van der Waals surface area contributed by atoms with Gasteiger partial charge in [0.25, 0.3) is 5.69 Å². The molecule has 0 saturated carbocycles. The number of nitrogens with zero attached hydrogens (tertiary/aromatic N) is 1. The van der Waals surface area contributed by atoms with Crippen LogP contribution in [0.1, 0.15) is 49.9 Å². The summed E-state index contributed by atoms with van der Waals surface area (Å²) in [6.45, 7) is 13.7. The monoisotopic (exact) mass is 424 g/mol. The van der Waals surface area contributed by atoms with Crippen LogP contribution in [0.5, 0.6) is 11.5 Å². The standard InChI is InChI=1S/C30H34NO/c1-17(2)12-21-15-22-14-19(5)20(6)27-28(22)26(16-21)32-30-24(13-18(3)4)23-10-8-9-11-25(23)31(7)29(27)30/h8-11,14-18H,12-13H2,1-7H3/q+1. The van der Waals surface area contributed by atoms with Gasteiger partial charge in [0.15, 0.2) is 0 Å². The van der Waals surface area contributed by atoms with E-state index in [4.69, 9.17) is 4.74 Å². The summed E-state index contributed by atoms with van der Waals surface area (Å²) in [6, 6.07) is 15.8. The molecule has 0 N–H and O–H groups in total. The van der Waals surface area contributed by atoms with E-state index in [2.05, 4.69) is 95.6 Å². The maximum atomic E-state index is 6.87. The van der Waals surface area contributed by atoms with Crippen LogP contribution in [0, 0.1) is 25.7 Å². The van der Waals surface area contributed by atoms with E-state index in [1.807, 2.05) is 0 Å². The van der Waals surface area contributed by atoms with Crippen molar-refractivity contribution in [3.05, 3.63) is 64.7 Å². The van der Waals surface area contributed by atoms with Crippen molar-refractivity contribution in [3.63, 3.8) is 0 Å². The highest BCUT2D eigenvalue weighted by Gasteiger charge is 2.34. The molecule has 0 atom stereocenters. The Kier molecular flexibility index (Phi) is 5.00. The fourth-order valence-electron chi connectivity index (χ4n) is 5.44. The second-order valence-electron chi connectivity index (χ2n) is 10.4. The summed E-state index contributed by atoms with van der Waals surface area (Å²) >= 11 is 0. The Hall–Kier alpha value is -2.87. The lowest BCUT2D eigenvalue weighted by atomic mass is 9.86. The van der Waals surface area contributed by atoms with Crippen molar-refractivity contribution in [3.8, 4) is 22.8 Å². The molecule has 0 radical (unpaired) electrons. The highest BCUT2D eigenvalue weighted by atomic mass is 16.5. The molecule has 1 aliphatic rings. The summed E-state index contributed by atoms with van der Waals surface area (Å²) in [5, 5.41) is 3.85. The molecule has 2 heterocycles. The molecule has 164 valence electrons. The molecule has 5 rings (SSSR count). The van der Waals surface area contributed by atoms with E-state index in [0.717, 1.165) is 24.3 Å². The van der Waals surface area contributed by atoms with Crippen LogP contribution in [0.3, 0.4) is 0 Å². The van der Waals surface area contributed by atoms with E-state index in [9.17, 15) is 0 Å². The normalized spacial score (nSPS) is 12.7. The molecule has 32 heavy (non-hydrogen) atoms. The van der Waals surface area contributed by atoms with Gasteiger partial charge in [-0.3, -0.25) is 0 Å². The van der Waals surface area contributed by atoms with Crippen LogP contribution in [-0.4, -0.2) is 0 Å². The van der Waals surface area contributed by atoms with Crippen molar-refractivity contribution in [2.75, 3.05) is 0 Å². The molecular weight excluding hydrogens is 390 g/mol. The maximum absolute atomic E-state index is 6.87. The van der Waals surface area contributed by atoms with E-state index in [1.54, 1.807) is 0 Å². The number of ether oxygens (including phenoxy) is 1. The minimum Gasteiger partial charge on any atom is -0.449 e. The second kappa shape index (κ2) is 7.62. The minimum absolute atomic E-state index is 0.547. The lowest BCUT2D eigenvalue weighted by Gasteiger charge is -2.26. The summed E-state index contributed by atoms with van der Waals surface area (Å²) in [6.07, 6.45) is 2.06. The smallest absolute Gasteiger partial charge is 0.257 e. The van der Waals surface area contributed by atoms with Gasteiger partial charge in [0.1, 0.15) is 12.8 Å². The van der Waals surface area contributed by atoms with E-state index < -0.39 is 0 Å². The third-order valence-corrected chi connectivity index (χ3v) is 6.90. The van der Waals surface area contributed by atoms with Gasteiger partial charge in [-0.05, 0) is 72.7 Å². The van der Waals surface area contributed by atoms with Gasteiger partial charge in [0, 0.05) is 17.0 Å². The van der Waals surface area contributed by atoms with Gasteiger partial charge in [-0.25, -0.2) is 0 Å². The van der Waals surface area contributed by atoms with E-state index in [0.29, 0.717) is 11.8 Å². The molecule has 0 saturated heterocycles. The number of fused-ring (bicyclic) bond motifs is 3. The van der Waals surface area contributed by atoms with Gasteiger partial charge in [-0.15, -0.1) is 0 Å². The molecule has 0 amide bonds. The Morgan fingerprint density at radius 3 is 2.34 bits per heavy atom. The van der Waals surface area contributed by atoms with E-state index >= 15 is 0 Å². The minimum atomic E-state index is 0.547. The van der Waals surface area contributed by atoms with Crippen LogP contribution in [-0.2, 0) is 19.9 Å². The molecule has 0 bridgehead atoms. The molecule has 0 aliphatic carbocycles. The van der Waals surface area contributed by atoms with Gasteiger partial charge in [-0.2, -0.15) is 4.57 Å². The van der Waals surface area contributed by atoms with Crippen LogP contribution >= 0.6 is 0 Å². The average molecular weight is 425 g/mol. The number of aryl methyl sites for hydroxylation is 2. The lowest BCUT2D eigenvalue weighted by Crippen LogP contribution is -2.34. The van der Waals surface area contributed by atoms with Crippen molar-refractivity contribution >= 4 is 21.7 Å². The van der Waals surface area contributed by atoms with Crippen LogP contribution in [0.25, 0.3) is 32.9 Å². The Labute approximate surface area is 191 Å². The van der Waals surface area contributed by atoms with Gasteiger partial charge in [0.2, 0.25) is 11.3 Å². The number of hydrogen-bond acceptors (Lipinski definition) is 1. The van der Waals surface area contributed by atoms with Gasteiger partial charge < -0.3 is 4.74 Å². The first-order chi connectivity index (χ1) is 15.3. The average Bonchev–Trinajstić information content (AvgIpc) is 2.73. The molecule has 1 aliphatic heterocycles. The van der Waals surface area contributed by atoms with Crippen LogP contribution in [0.4, 0.5) is 0 Å². The molecule has 0 fully saturated rings. The fraction of sp³-hybridized carbons (Fsp3) is 0.367. The number of benzene rings is 3. The van der Waals surface area contributed by atoms with Crippen LogP contribution in [0.2, 0.25) is 0 Å². The number of para-hydroxylation sites is 1. The Balaban J connectivity index is 1.93. The zero-order chi connectivity index (χ0) is 22.7. The zero-order valence-electron chi connectivity index (χ0n) is 20.5. The topological polar surface area (TPSA) is 13.1 Å². The predicted octanol–water partition coefficient (Wildman–Crippen LogP) is 7.60. The summed E-state index contributed by atoms with van der Waals surface area (Å²) in [7, 11) is 2.19. The molecule has 2 heteroatoms. The molecule has 1 aromatic heterocycles. The number of rotatable bonds is 4. The van der Waals surface area contributed by atoms with Crippen molar-refractivity contribution in [2.24, 2.45) is 18.9 Å². The fourth-order valence-corrected chi connectivity index (χ4v) is 5.44. The van der Waals surface area contributed by atoms with Crippen molar-refractivity contribution in [1.29, 1.82) is 0 Å². The molecule has 4 aromatic rings. The maximum Gasteiger partial charge on any atom is 0.257 e. The van der Waals surface area contributed by atoms with Crippen LogP contribution in [0.15, 0.2) is 42.5 Å².